The second-order valence-electron chi connectivity index (χ2n) is 6.54. The van der Waals surface area contributed by atoms with E-state index >= 15 is 0 Å². The van der Waals surface area contributed by atoms with Crippen LogP contribution in [0.2, 0.25) is 5.02 Å². The van der Waals surface area contributed by atoms with Crippen LogP contribution in [-0.2, 0) is 4.79 Å². The third-order valence-corrected chi connectivity index (χ3v) is 4.91. The number of nitrogens with zero attached hydrogens (tertiary/aromatic N) is 3. The van der Waals surface area contributed by atoms with E-state index in [0.717, 1.165) is 11.3 Å². The Labute approximate surface area is 161 Å². The van der Waals surface area contributed by atoms with E-state index in [4.69, 9.17) is 20.9 Å². The Kier molecular flexibility index (Phi) is 4.58. The number of anilines is 1. The molecule has 1 aliphatic heterocycles. The number of aromatic nitrogens is 2. The Balaban J connectivity index is 1.57. The summed E-state index contributed by atoms with van der Waals surface area (Å²) in [5, 5.41) is 4.66. The molecule has 2 aromatic carbocycles. The maximum Gasteiger partial charge on any atom is 0.261 e. The Bertz CT molecular complexity index is 984. The van der Waals surface area contributed by atoms with Crippen LogP contribution in [0.15, 0.2) is 47.0 Å². The van der Waals surface area contributed by atoms with E-state index in [1.54, 1.807) is 30.2 Å². The number of halogens is 1. The summed E-state index contributed by atoms with van der Waals surface area (Å²) in [6.45, 7) is 2.54. The lowest BCUT2D eigenvalue weighted by Crippen LogP contribution is -2.24. The topological polar surface area (TPSA) is 68.5 Å². The van der Waals surface area contributed by atoms with Crippen molar-refractivity contribution in [3.63, 3.8) is 0 Å². The first-order chi connectivity index (χ1) is 13.0. The third kappa shape index (κ3) is 3.40. The van der Waals surface area contributed by atoms with Gasteiger partial charge in [0.1, 0.15) is 5.75 Å². The molecule has 0 unspecified atom stereocenters. The first-order valence-electron chi connectivity index (χ1n) is 8.59. The van der Waals surface area contributed by atoms with Gasteiger partial charge in [-0.1, -0.05) is 34.5 Å². The number of rotatable bonds is 4. The molecule has 1 saturated heterocycles. The fraction of sp³-hybridized carbons (Fsp3) is 0.250. The van der Waals surface area contributed by atoms with Crippen LogP contribution in [-0.4, -0.2) is 29.7 Å². The molecule has 3 aromatic rings. The van der Waals surface area contributed by atoms with Crippen molar-refractivity contribution < 1.29 is 14.1 Å². The molecule has 4 rings (SSSR count). The molecule has 1 aromatic heterocycles. The minimum Gasteiger partial charge on any atom is -0.496 e. The molecule has 0 saturated carbocycles. The fourth-order valence-electron chi connectivity index (χ4n) is 3.21. The fourth-order valence-corrected chi connectivity index (χ4v) is 3.37. The zero-order valence-corrected chi connectivity index (χ0v) is 15.7. The highest BCUT2D eigenvalue weighted by atomic mass is 35.5. The van der Waals surface area contributed by atoms with Crippen LogP contribution in [0.25, 0.3) is 11.5 Å². The first-order valence-corrected chi connectivity index (χ1v) is 8.97. The van der Waals surface area contributed by atoms with E-state index in [0.29, 0.717) is 41.0 Å². The van der Waals surface area contributed by atoms with Crippen LogP contribution in [0.4, 0.5) is 5.69 Å². The summed E-state index contributed by atoms with van der Waals surface area (Å²) in [7, 11) is 1.56. The molecule has 1 fully saturated rings. The van der Waals surface area contributed by atoms with Crippen molar-refractivity contribution in [2.45, 2.75) is 19.3 Å². The monoisotopic (exact) mass is 383 g/mol. The van der Waals surface area contributed by atoms with Gasteiger partial charge in [0.05, 0.1) is 12.7 Å². The van der Waals surface area contributed by atoms with Gasteiger partial charge in [-0.15, -0.1) is 0 Å². The van der Waals surface area contributed by atoms with Gasteiger partial charge in [-0.3, -0.25) is 4.79 Å². The molecule has 138 valence electrons. The molecule has 1 atom stereocenters. The predicted octanol–water partition coefficient (Wildman–Crippen LogP) is 4.23. The zero-order chi connectivity index (χ0) is 19.0. The van der Waals surface area contributed by atoms with Crippen LogP contribution < -0.4 is 9.64 Å². The molecule has 6 nitrogen and oxygen atoms in total. The number of aryl methyl sites for hydroxylation is 1. The number of carbonyl (C=O) groups excluding carboxylic acids is 1. The lowest BCUT2D eigenvalue weighted by molar-refractivity contribution is -0.117. The van der Waals surface area contributed by atoms with Crippen LogP contribution >= 0.6 is 11.6 Å². The van der Waals surface area contributed by atoms with Crippen molar-refractivity contribution in [1.29, 1.82) is 0 Å². The van der Waals surface area contributed by atoms with Crippen LogP contribution in [0.3, 0.4) is 0 Å². The van der Waals surface area contributed by atoms with Gasteiger partial charge in [-0.2, -0.15) is 4.98 Å². The first kappa shape index (κ1) is 17.5. The quantitative estimate of drug-likeness (QED) is 0.674. The molecule has 0 radical (unpaired) electrons. The number of benzene rings is 2. The number of methoxy groups -OCH3 is 1. The minimum absolute atomic E-state index is 0.0549. The van der Waals surface area contributed by atoms with Crippen molar-refractivity contribution in [2.24, 2.45) is 0 Å². The van der Waals surface area contributed by atoms with Gasteiger partial charge in [0.25, 0.3) is 5.89 Å². The van der Waals surface area contributed by atoms with Gasteiger partial charge in [0, 0.05) is 29.6 Å². The summed E-state index contributed by atoms with van der Waals surface area (Å²) in [6.07, 6.45) is 0.352. The maximum absolute atomic E-state index is 12.5. The Morgan fingerprint density at radius 3 is 2.74 bits per heavy atom. The lowest BCUT2D eigenvalue weighted by Gasteiger charge is -2.16. The molecule has 0 bridgehead atoms. The third-order valence-electron chi connectivity index (χ3n) is 4.67. The summed E-state index contributed by atoms with van der Waals surface area (Å²) >= 11 is 6.00. The van der Waals surface area contributed by atoms with Crippen molar-refractivity contribution in [2.75, 3.05) is 18.6 Å². The number of amides is 1. The summed E-state index contributed by atoms with van der Waals surface area (Å²) in [5.41, 5.74) is 2.71. The van der Waals surface area contributed by atoms with Gasteiger partial charge in [-0.25, -0.2) is 0 Å². The standard InChI is InChI=1S/C20H18ClN3O3/c1-12-3-6-15(7-4-12)24-11-13(9-18(24)25)19-22-20(27-23-19)16-8-5-14(21)10-17(16)26-2/h3-8,10,13H,9,11H2,1-2H3/t13-/m1/s1. The highest BCUT2D eigenvalue weighted by Crippen LogP contribution is 2.34. The van der Waals surface area contributed by atoms with Gasteiger partial charge in [0.2, 0.25) is 5.91 Å². The maximum atomic E-state index is 12.5. The van der Waals surface area contributed by atoms with Gasteiger partial charge < -0.3 is 14.2 Å². The summed E-state index contributed by atoms with van der Waals surface area (Å²) in [4.78, 5) is 18.7. The van der Waals surface area contributed by atoms with E-state index in [1.165, 1.54) is 0 Å². The van der Waals surface area contributed by atoms with Crippen molar-refractivity contribution >= 4 is 23.2 Å². The molecule has 2 heterocycles. The molecule has 0 aliphatic carbocycles. The molecule has 1 amide bonds. The number of hydrogen-bond acceptors (Lipinski definition) is 5. The van der Waals surface area contributed by atoms with Crippen LogP contribution in [0.1, 0.15) is 23.7 Å². The van der Waals surface area contributed by atoms with E-state index in [2.05, 4.69) is 10.1 Å². The Hall–Kier alpha value is -2.86. The average Bonchev–Trinajstić information content (AvgIpc) is 3.29. The van der Waals surface area contributed by atoms with Gasteiger partial charge >= 0.3 is 0 Å². The highest BCUT2D eigenvalue weighted by molar-refractivity contribution is 6.30. The second kappa shape index (κ2) is 7.04. The summed E-state index contributed by atoms with van der Waals surface area (Å²) in [6, 6.07) is 13.1. The molecule has 1 aliphatic rings. The number of ether oxygens (including phenoxy) is 1. The molecule has 0 N–H and O–H groups in total. The largest absolute Gasteiger partial charge is 0.496 e. The normalized spacial score (nSPS) is 16.8. The van der Waals surface area contributed by atoms with E-state index in [1.807, 2.05) is 31.2 Å². The highest BCUT2D eigenvalue weighted by Gasteiger charge is 2.34. The number of carbonyl (C=O) groups is 1. The summed E-state index contributed by atoms with van der Waals surface area (Å²) < 4.78 is 10.8. The van der Waals surface area contributed by atoms with E-state index in [-0.39, 0.29) is 11.8 Å². The molecule has 7 heteroatoms. The van der Waals surface area contributed by atoms with Crippen molar-refractivity contribution in [1.82, 2.24) is 10.1 Å². The zero-order valence-electron chi connectivity index (χ0n) is 15.0. The smallest absolute Gasteiger partial charge is 0.261 e. The molecule has 0 spiro atoms. The van der Waals surface area contributed by atoms with Crippen LogP contribution in [0.5, 0.6) is 5.75 Å². The SMILES string of the molecule is COc1cc(Cl)ccc1-c1nc([C@@H]2CC(=O)N(c3ccc(C)cc3)C2)no1. The van der Waals surface area contributed by atoms with E-state index in [9.17, 15) is 4.79 Å². The van der Waals surface area contributed by atoms with Crippen molar-refractivity contribution in [3.05, 3.63) is 58.9 Å². The average molecular weight is 384 g/mol. The minimum atomic E-state index is -0.116. The second-order valence-corrected chi connectivity index (χ2v) is 6.98. The molecule has 27 heavy (non-hydrogen) atoms. The Morgan fingerprint density at radius 2 is 2.00 bits per heavy atom. The Morgan fingerprint density at radius 1 is 1.22 bits per heavy atom. The molecular weight excluding hydrogens is 366 g/mol. The van der Waals surface area contributed by atoms with Crippen molar-refractivity contribution in [3.8, 4) is 17.2 Å². The molecular formula is C20H18ClN3O3. The van der Waals surface area contributed by atoms with E-state index < -0.39 is 0 Å². The predicted molar refractivity (Wildman–Crippen MR) is 102 cm³/mol. The van der Waals surface area contributed by atoms with Gasteiger partial charge in [-0.05, 0) is 37.3 Å². The number of hydrogen-bond donors (Lipinski definition) is 0. The van der Waals surface area contributed by atoms with Gasteiger partial charge in [0.15, 0.2) is 5.82 Å². The lowest BCUT2D eigenvalue weighted by atomic mass is 10.1. The summed E-state index contributed by atoms with van der Waals surface area (Å²) in [5.74, 6) is 1.36. The van der Waals surface area contributed by atoms with Crippen LogP contribution in [0, 0.1) is 6.92 Å².